The first-order valence-corrected chi connectivity index (χ1v) is 18.3. The number of benzene rings is 5. The van der Waals surface area contributed by atoms with E-state index in [-0.39, 0.29) is 5.41 Å². The predicted molar refractivity (Wildman–Crippen MR) is 220 cm³/mol. The lowest BCUT2D eigenvalue weighted by atomic mass is 9.65. The molecule has 7 rings (SSSR count). The number of fused-ring (bicyclic) bond motifs is 1. The Morgan fingerprint density at radius 1 is 0.667 bits per heavy atom. The lowest BCUT2D eigenvalue weighted by Crippen LogP contribution is -2.30. The zero-order valence-corrected chi connectivity index (χ0v) is 29.9. The summed E-state index contributed by atoms with van der Waals surface area (Å²) in [5.41, 5.74) is 11.3. The highest BCUT2D eigenvalue weighted by Gasteiger charge is 2.35. The molecule has 0 aliphatic heterocycles. The van der Waals surface area contributed by atoms with Gasteiger partial charge in [0.05, 0.1) is 5.70 Å². The number of allylic oxidation sites excluding steroid dienone is 8. The summed E-state index contributed by atoms with van der Waals surface area (Å²) in [6.45, 7) is 8.61. The van der Waals surface area contributed by atoms with Crippen molar-refractivity contribution < 1.29 is 0 Å². The molecular weight excluding hydrogens is 617 g/mol. The maximum atomic E-state index is 5.08. The van der Waals surface area contributed by atoms with Gasteiger partial charge in [0.15, 0.2) is 5.84 Å². The molecule has 0 N–H and O–H groups in total. The van der Waals surface area contributed by atoms with Gasteiger partial charge in [-0.3, -0.25) is 0 Å². The van der Waals surface area contributed by atoms with E-state index in [9.17, 15) is 0 Å². The van der Waals surface area contributed by atoms with E-state index >= 15 is 0 Å². The van der Waals surface area contributed by atoms with Crippen LogP contribution in [0.3, 0.4) is 0 Å². The summed E-state index contributed by atoms with van der Waals surface area (Å²) in [5, 5.41) is 2.42. The Kier molecular flexibility index (Phi) is 10.3. The van der Waals surface area contributed by atoms with Crippen LogP contribution in [0.1, 0.15) is 85.8 Å². The summed E-state index contributed by atoms with van der Waals surface area (Å²) in [7, 11) is 0. The number of hydrogen-bond donors (Lipinski definition) is 0. The van der Waals surface area contributed by atoms with Crippen molar-refractivity contribution >= 4 is 33.6 Å². The van der Waals surface area contributed by atoms with Gasteiger partial charge in [0.25, 0.3) is 0 Å². The van der Waals surface area contributed by atoms with E-state index in [4.69, 9.17) is 9.98 Å². The van der Waals surface area contributed by atoms with E-state index in [0.29, 0.717) is 11.5 Å². The largest absolute Gasteiger partial charge is 0.233 e. The van der Waals surface area contributed by atoms with E-state index in [0.717, 1.165) is 41.7 Å². The van der Waals surface area contributed by atoms with Gasteiger partial charge in [-0.15, -0.1) is 0 Å². The number of nitrogens with zero attached hydrogens (tertiary/aromatic N) is 2. The van der Waals surface area contributed by atoms with E-state index in [1.165, 1.54) is 57.9 Å². The van der Waals surface area contributed by atoms with E-state index in [1.807, 2.05) is 18.2 Å². The highest BCUT2D eigenvalue weighted by Crippen LogP contribution is 2.45. The van der Waals surface area contributed by atoms with Crippen LogP contribution in [0.15, 0.2) is 180 Å². The van der Waals surface area contributed by atoms with Gasteiger partial charge in [0.2, 0.25) is 0 Å². The zero-order valence-electron chi connectivity index (χ0n) is 29.9. The molecule has 5 aromatic carbocycles. The normalized spacial score (nSPS) is 19.5. The number of hydrogen-bond acceptors (Lipinski definition) is 1. The van der Waals surface area contributed by atoms with E-state index in [2.05, 4.69) is 160 Å². The minimum absolute atomic E-state index is 0.00223. The smallest absolute Gasteiger partial charge is 0.160 e. The third-order valence-electron chi connectivity index (χ3n) is 10.5. The van der Waals surface area contributed by atoms with Crippen LogP contribution in [-0.4, -0.2) is 11.5 Å². The molecule has 2 heteroatoms. The van der Waals surface area contributed by atoms with Crippen LogP contribution < -0.4 is 0 Å². The second-order valence-electron chi connectivity index (χ2n) is 13.7. The quantitative estimate of drug-likeness (QED) is 0.122. The minimum atomic E-state index is -0.00223. The molecule has 0 atom stereocenters. The third-order valence-corrected chi connectivity index (χ3v) is 10.5. The molecule has 0 aromatic heterocycles. The lowest BCUT2D eigenvalue weighted by Gasteiger charge is -2.39. The molecule has 1 fully saturated rings. The first-order chi connectivity index (χ1) is 25.0. The summed E-state index contributed by atoms with van der Waals surface area (Å²) >= 11 is 0. The van der Waals surface area contributed by atoms with Crippen molar-refractivity contribution in [3.8, 4) is 0 Å². The Bertz CT molecular complexity index is 2200. The molecule has 0 spiro atoms. The fraction of sp³-hybridized carbons (Fsp3) is 0.184. The van der Waals surface area contributed by atoms with Gasteiger partial charge in [-0.1, -0.05) is 178 Å². The molecule has 51 heavy (non-hydrogen) atoms. The van der Waals surface area contributed by atoms with Gasteiger partial charge in [-0.2, -0.15) is 0 Å². The first-order valence-electron chi connectivity index (χ1n) is 18.3. The third kappa shape index (κ3) is 7.47. The molecule has 0 radical (unpaired) electrons. The maximum absolute atomic E-state index is 5.08. The van der Waals surface area contributed by atoms with Crippen LogP contribution in [0.4, 0.5) is 0 Å². The van der Waals surface area contributed by atoms with Crippen molar-refractivity contribution in [2.24, 2.45) is 9.98 Å². The summed E-state index contributed by atoms with van der Waals surface area (Å²) in [4.78, 5) is 10.1. The van der Waals surface area contributed by atoms with Crippen molar-refractivity contribution in [1.29, 1.82) is 0 Å². The Hall–Kier alpha value is -5.60. The molecule has 2 aliphatic rings. The van der Waals surface area contributed by atoms with Crippen molar-refractivity contribution in [3.63, 3.8) is 0 Å². The van der Waals surface area contributed by atoms with Gasteiger partial charge in [0, 0.05) is 16.7 Å². The lowest BCUT2D eigenvalue weighted by molar-refractivity contribution is 0.346. The monoisotopic (exact) mass is 662 g/mol. The summed E-state index contributed by atoms with van der Waals surface area (Å²) in [6, 6.07) is 43.6. The van der Waals surface area contributed by atoms with E-state index in [1.54, 1.807) is 0 Å². The molecule has 5 aromatic rings. The molecule has 1 saturated carbocycles. The SMILES string of the molecule is C=C(N=C(N=C(C)c1ccc2ccccc2c1)c1ccccc1)c1ccc(C2(c3ccc(/C4=C/C\C=C/C=C\C4=C\C)cc3)CCCCC2)cc1. The van der Waals surface area contributed by atoms with Crippen LogP contribution in [0.25, 0.3) is 22.0 Å². The highest BCUT2D eigenvalue weighted by molar-refractivity contribution is 6.13. The number of amidine groups is 1. The summed E-state index contributed by atoms with van der Waals surface area (Å²) in [6.07, 6.45) is 20.2. The predicted octanol–water partition coefficient (Wildman–Crippen LogP) is 12.9. The zero-order chi connectivity index (χ0) is 35.0. The molecule has 0 heterocycles. The van der Waals surface area contributed by atoms with Gasteiger partial charge in [-0.25, -0.2) is 9.98 Å². The number of aliphatic imine (C=N–C) groups is 2. The molecular formula is C49H46N2. The second-order valence-corrected chi connectivity index (χ2v) is 13.7. The fourth-order valence-electron chi connectivity index (χ4n) is 7.67. The Morgan fingerprint density at radius 2 is 1.33 bits per heavy atom. The number of rotatable bonds is 7. The van der Waals surface area contributed by atoms with Crippen LogP contribution in [-0.2, 0) is 5.41 Å². The average molecular weight is 663 g/mol. The standard InChI is InChI=1S/C49H46N2/c1-4-38-17-9-5-6-12-22-47(38)41-27-31-46(32-28-41)49(33-15-8-16-34-49)45-29-25-39(26-30-45)36(2)50-48(42-19-10-7-11-20-42)51-37(3)43-24-23-40-18-13-14-21-44(40)35-43/h4-7,9-11,13-14,17-32,35H,2,8,12,15-16,33-34H2,1,3H3/b6-5-,17-9-,38-4-,47-22+,50-48?,51-37?. The molecule has 252 valence electrons. The maximum Gasteiger partial charge on any atom is 0.160 e. The van der Waals surface area contributed by atoms with Crippen LogP contribution in [0.2, 0.25) is 0 Å². The van der Waals surface area contributed by atoms with Crippen LogP contribution >= 0.6 is 0 Å². The van der Waals surface area contributed by atoms with Crippen LogP contribution in [0, 0.1) is 0 Å². The summed E-state index contributed by atoms with van der Waals surface area (Å²) in [5.74, 6) is 0.658. The Morgan fingerprint density at radius 3 is 2.06 bits per heavy atom. The fourth-order valence-corrected chi connectivity index (χ4v) is 7.67. The van der Waals surface area contributed by atoms with Crippen molar-refractivity contribution in [2.45, 2.75) is 57.8 Å². The molecule has 2 nitrogen and oxygen atoms in total. The average Bonchev–Trinajstić information content (AvgIpc) is 3.18. The van der Waals surface area contributed by atoms with Crippen LogP contribution in [0.5, 0.6) is 0 Å². The van der Waals surface area contributed by atoms with E-state index < -0.39 is 0 Å². The highest BCUT2D eigenvalue weighted by atomic mass is 14.9. The van der Waals surface area contributed by atoms with Crippen molar-refractivity contribution in [1.82, 2.24) is 0 Å². The molecule has 0 amide bonds. The Balaban J connectivity index is 1.18. The molecule has 0 saturated heterocycles. The summed E-state index contributed by atoms with van der Waals surface area (Å²) < 4.78 is 0. The first kappa shape index (κ1) is 33.9. The van der Waals surface area contributed by atoms with Gasteiger partial charge < -0.3 is 0 Å². The van der Waals surface area contributed by atoms with Crippen molar-refractivity contribution in [2.75, 3.05) is 0 Å². The van der Waals surface area contributed by atoms with Gasteiger partial charge in [-0.05, 0) is 88.9 Å². The van der Waals surface area contributed by atoms with Gasteiger partial charge >= 0.3 is 0 Å². The minimum Gasteiger partial charge on any atom is -0.233 e. The molecule has 2 aliphatic carbocycles. The van der Waals surface area contributed by atoms with Gasteiger partial charge in [0.1, 0.15) is 0 Å². The second kappa shape index (κ2) is 15.5. The molecule has 0 bridgehead atoms. The van der Waals surface area contributed by atoms with Crippen molar-refractivity contribution in [3.05, 3.63) is 203 Å². The topological polar surface area (TPSA) is 24.7 Å². The Labute approximate surface area is 303 Å². The molecule has 0 unspecified atom stereocenters.